The summed E-state index contributed by atoms with van der Waals surface area (Å²) >= 11 is 0. The van der Waals surface area contributed by atoms with E-state index in [4.69, 9.17) is 0 Å². The molecule has 0 saturated carbocycles. The van der Waals surface area contributed by atoms with Gasteiger partial charge in [-0.25, -0.2) is 19.2 Å². The third-order valence-electron chi connectivity index (χ3n) is 5.43. The summed E-state index contributed by atoms with van der Waals surface area (Å²) in [6.07, 6.45) is -1.46. The maximum Gasteiger partial charge on any atom is 0.433 e. The molecule has 3 aromatic rings. The number of urea groups is 1. The number of alkyl halides is 3. The number of hydrogen-bond acceptors (Lipinski definition) is 4. The highest BCUT2D eigenvalue weighted by atomic mass is 19.4. The van der Waals surface area contributed by atoms with E-state index in [1.807, 2.05) is 4.90 Å². The molecule has 0 bridgehead atoms. The Morgan fingerprint density at radius 2 is 1.91 bits per heavy atom. The number of rotatable bonds is 4. The zero-order chi connectivity index (χ0) is 22.7. The number of benzene rings is 1. The van der Waals surface area contributed by atoms with Gasteiger partial charge >= 0.3 is 12.2 Å². The van der Waals surface area contributed by atoms with Crippen molar-refractivity contribution in [3.63, 3.8) is 0 Å². The van der Waals surface area contributed by atoms with Gasteiger partial charge in [0, 0.05) is 36.9 Å². The second-order valence-electron chi connectivity index (χ2n) is 7.67. The fraction of sp³-hybridized carbons (Fsp3) is 0.318. The average Bonchev–Trinajstić information content (AvgIpc) is 2.77. The van der Waals surface area contributed by atoms with Crippen LogP contribution in [-0.4, -0.2) is 35.6 Å². The van der Waals surface area contributed by atoms with Gasteiger partial charge in [-0.05, 0) is 55.2 Å². The fourth-order valence-electron chi connectivity index (χ4n) is 3.78. The van der Waals surface area contributed by atoms with Crippen molar-refractivity contribution in [2.45, 2.75) is 19.0 Å². The number of amides is 2. The largest absolute Gasteiger partial charge is 0.433 e. The lowest BCUT2D eigenvalue weighted by atomic mass is 9.96. The molecule has 0 unspecified atom stereocenters. The van der Waals surface area contributed by atoms with Crippen molar-refractivity contribution in [3.05, 3.63) is 60.2 Å². The van der Waals surface area contributed by atoms with E-state index in [0.717, 1.165) is 18.9 Å². The van der Waals surface area contributed by atoms with Gasteiger partial charge in [0.05, 0.1) is 5.52 Å². The van der Waals surface area contributed by atoms with Gasteiger partial charge in [-0.2, -0.15) is 13.2 Å². The van der Waals surface area contributed by atoms with Crippen LogP contribution in [0.15, 0.2) is 48.7 Å². The van der Waals surface area contributed by atoms with Crippen LogP contribution in [0.3, 0.4) is 0 Å². The van der Waals surface area contributed by atoms with Gasteiger partial charge in [-0.1, -0.05) is 6.07 Å². The van der Waals surface area contributed by atoms with Crippen molar-refractivity contribution >= 4 is 28.4 Å². The van der Waals surface area contributed by atoms with Crippen LogP contribution in [0, 0.1) is 11.7 Å². The van der Waals surface area contributed by atoms with Gasteiger partial charge in [0.2, 0.25) is 0 Å². The smallest absolute Gasteiger partial charge is 0.356 e. The molecule has 1 saturated heterocycles. The Kier molecular flexibility index (Phi) is 6.11. The molecule has 0 aliphatic carbocycles. The summed E-state index contributed by atoms with van der Waals surface area (Å²) in [5.74, 6) is 0.426. The molecule has 2 aromatic heterocycles. The second-order valence-corrected chi connectivity index (χ2v) is 7.67. The van der Waals surface area contributed by atoms with E-state index in [0.29, 0.717) is 36.5 Å². The summed E-state index contributed by atoms with van der Waals surface area (Å²) in [5, 5.41) is 5.97. The molecule has 1 fully saturated rings. The molecule has 4 rings (SSSR count). The van der Waals surface area contributed by atoms with E-state index in [9.17, 15) is 22.4 Å². The molecule has 6 nitrogen and oxygen atoms in total. The number of aromatic nitrogens is 2. The predicted octanol–water partition coefficient (Wildman–Crippen LogP) is 4.83. The van der Waals surface area contributed by atoms with Crippen LogP contribution in [0.1, 0.15) is 18.5 Å². The van der Waals surface area contributed by atoms with Crippen molar-refractivity contribution in [1.82, 2.24) is 15.3 Å². The Hall–Kier alpha value is -3.43. The fourth-order valence-corrected chi connectivity index (χ4v) is 3.78. The van der Waals surface area contributed by atoms with Crippen LogP contribution in [0.25, 0.3) is 10.9 Å². The summed E-state index contributed by atoms with van der Waals surface area (Å²) in [4.78, 5) is 22.2. The number of halogens is 4. The van der Waals surface area contributed by atoms with Gasteiger partial charge in [-0.3, -0.25) is 0 Å². The predicted molar refractivity (Wildman–Crippen MR) is 113 cm³/mol. The average molecular weight is 447 g/mol. The minimum Gasteiger partial charge on any atom is -0.356 e. The number of carbonyl (C=O) groups excluding carboxylic acids is 1. The van der Waals surface area contributed by atoms with Gasteiger partial charge in [0.1, 0.15) is 17.3 Å². The van der Waals surface area contributed by atoms with E-state index in [2.05, 4.69) is 20.6 Å². The minimum atomic E-state index is -4.50. The first-order valence-electron chi connectivity index (χ1n) is 10.2. The third kappa shape index (κ3) is 5.06. The summed E-state index contributed by atoms with van der Waals surface area (Å²) in [7, 11) is 0. The molecule has 0 atom stereocenters. The number of hydrogen-bond donors (Lipinski definition) is 2. The second kappa shape index (κ2) is 8.97. The molecular formula is C22H21F4N5O. The minimum absolute atomic E-state index is 0.245. The lowest BCUT2D eigenvalue weighted by molar-refractivity contribution is -0.140. The molecule has 10 heteroatoms. The van der Waals surface area contributed by atoms with E-state index >= 15 is 0 Å². The topological polar surface area (TPSA) is 70.2 Å². The van der Waals surface area contributed by atoms with Gasteiger partial charge in [0.25, 0.3) is 0 Å². The van der Waals surface area contributed by atoms with Crippen molar-refractivity contribution in [3.8, 4) is 0 Å². The Balaban J connectivity index is 1.33. The summed E-state index contributed by atoms with van der Waals surface area (Å²) in [5.41, 5.74) is -0.298. The van der Waals surface area contributed by atoms with E-state index in [1.165, 1.54) is 36.5 Å². The number of carbonyl (C=O) groups is 1. The number of piperidine rings is 1. The first kappa shape index (κ1) is 21.8. The standard InChI is InChI=1S/C22H21F4N5O/c23-15-2-1-3-16(12-15)29-21(32)28-13-14-7-10-31(11-8-14)20-17-4-5-19(22(24,25)26)30-18(17)6-9-27-20/h1-6,9,12,14H,7-8,10-11,13H2,(H2,28,29,32). The number of fused-ring (bicyclic) bond motifs is 1. The SMILES string of the molecule is O=C(NCC1CCN(c2nccc3nc(C(F)(F)F)ccc23)CC1)Nc1cccc(F)c1. The highest BCUT2D eigenvalue weighted by molar-refractivity contribution is 5.90. The van der Waals surface area contributed by atoms with Crippen LogP contribution in [0.2, 0.25) is 0 Å². The maximum atomic E-state index is 13.2. The van der Waals surface area contributed by atoms with E-state index in [1.54, 1.807) is 6.07 Å². The maximum absolute atomic E-state index is 13.2. The normalized spacial score (nSPS) is 15.1. The molecule has 1 aliphatic rings. The van der Waals surface area contributed by atoms with Crippen LogP contribution in [0.4, 0.5) is 33.9 Å². The Labute approximate surface area is 181 Å². The first-order chi connectivity index (χ1) is 15.3. The van der Waals surface area contributed by atoms with Crippen molar-refractivity contribution in [2.75, 3.05) is 29.9 Å². The molecule has 32 heavy (non-hydrogen) atoms. The molecular weight excluding hydrogens is 426 g/mol. The number of pyridine rings is 2. The molecule has 2 amide bonds. The van der Waals surface area contributed by atoms with Crippen molar-refractivity contribution in [1.29, 1.82) is 0 Å². The van der Waals surface area contributed by atoms with Gasteiger partial charge in [-0.15, -0.1) is 0 Å². The molecule has 3 heterocycles. The van der Waals surface area contributed by atoms with Crippen LogP contribution < -0.4 is 15.5 Å². The summed E-state index contributed by atoms with van der Waals surface area (Å²) in [6, 6.07) is 9.11. The van der Waals surface area contributed by atoms with Gasteiger partial charge in [0.15, 0.2) is 0 Å². The zero-order valence-corrected chi connectivity index (χ0v) is 17.0. The monoisotopic (exact) mass is 447 g/mol. The van der Waals surface area contributed by atoms with Gasteiger partial charge < -0.3 is 15.5 Å². The van der Waals surface area contributed by atoms with Crippen LogP contribution in [0.5, 0.6) is 0 Å². The summed E-state index contributed by atoms with van der Waals surface area (Å²) < 4.78 is 52.0. The number of nitrogens with zero attached hydrogens (tertiary/aromatic N) is 3. The molecule has 2 N–H and O–H groups in total. The third-order valence-corrected chi connectivity index (χ3v) is 5.43. The first-order valence-corrected chi connectivity index (χ1v) is 10.2. The molecule has 0 spiro atoms. The van der Waals surface area contributed by atoms with Crippen LogP contribution in [-0.2, 0) is 6.18 Å². The highest BCUT2D eigenvalue weighted by Gasteiger charge is 2.33. The van der Waals surface area contributed by atoms with E-state index in [-0.39, 0.29) is 11.4 Å². The van der Waals surface area contributed by atoms with Crippen LogP contribution >= 0.6 is 0 Å². The van der Waals surface area contributed by atoms with E-state index < -0.39 is 23.7 Å². The zero-order valence-electron chi connectivity index (χ0n) is 17.0. The molecule has 1 aliphatic heterocycles. The Bertz CT molecular complexity index is 1110. The Morgan fingerprint density at radius 3 is 2.62 bits per heavy atom. The number of anilines is 2. The highest BCUT2D eigenvalue weighted by Crippen LogP contribution is 2.32. The lowest BCUT2D eigenvalue weighted by Gasteiger charge is -2.33. The quantitative estimate of drug-likeness (QED) is 0.563. The molecule has 168 valence electrons. The summed E-state index contributed by atoms with van der Waals surface area (Å²) in [6.45, 7) is 1.78. The lowest BCUT2D eigenvalue weighted by Crippen LogP contribution is -2.40. The Morgan fingerprint density at radius 1 is 1.12 bits per heavy atom. The van der Waals surface area contributed by atoms with Crippen molar-refractivity contribution in [2.24, 2.45) is 5.92 Å². The molecule has 1 aromatic carbocycles. The van der Waals surface area contributed by atoms with Crippen molar-refractivity contribution < 1.29 is 22.4 Å². The number of nitrogens with one attached hydrogen (secondary N) is 2. The molecule has 0 radical (unpaired) electrons.